The van der Waals surface area contributed by atoms with Gasteiger partial charge >= 0.3 is 0 Å². The van der Waals surface area contributed by atoms with Gasteiger partial charge in [0, 0.05) is 5.56 Å². The van der Waals surface area contributed by atoms with Crippen molar-refractivity contribution in [1.82, 2.24) is 5.32 Å². The molecule has 1 atom stereocenters. The summed E-state index contributed by atoms with van der Waals surface area (Å²) in [6, 6.07) is 7.38. The molecule has 134 valence electrons. The van der Waals surface area contributed by atoms with E-state index in [1.54, 1.807) is 25.1 Å². The summed E-state index contributed by atoms with van der Waals surface area (Å²) in [6.07, 6.45) is 0. The molecule has 0 aliphatic rings. The van der Waals surface area contributed by atoms with Gasteiger partial charge in [-0.15, -0.1) is 0 Å². The Morgan fingerprint density at radius 3 is 2.08 bits per heavy atom. The van der Waals surface area contributed by atoms with Crippen molar-refractivity contribution in [1.29, 1.82) is 0 Å². The van der Waals surface area contributed by atoms with Crippen LogP contribution in [0.4, 0.5) is 4.39 Å². The zero-order valence-corrected chi connectivity index (χ0v) is 15.9. The average molecular weight is 412 g/mol. The van der Waals surface area contributed by atoms with Crippen LogP contribution in [0.5, 0.6) is 17.2 Å². The van der Waals surface area contributed by atoms with Crippen LogP contribution in [0.3, 0.4) is 0 Å². The number of carbonyl (C=O) groups is 1. The number of hydrogen-bond donors (Lipinski definition) is 1. The van der Waals surface area contributed by atoms with Crippen molar-refractivity contribution in [3.05, 3.63) is 51.7 Å². The number of ether oxygens (including phenoxy) is 3. The lowest BCUT2D eigenvalue weighted by Gasteiger charge is -2.16. The molecule has 2 aromatic rings. The number of benzene rings is 2. The van der Waals surface area contributed by atoms with Gasteiger partial charge in [-0.2, -0.15) is 0 Å². The second-order valence-corrected chi connectivity index (χ2v) is 6.08. The van der Waals surface area contributed by atoms with Crippen LogP contribution in [0.1, 0.15) is 28.9 Å². The van der Waals surface area contributed by atoms with Crippen LogP contribution in [-0.2, 0) is 0 Å². The predicted octanol–water partition coefficient (Wildman–Crippen LogP) is 4.11. The molecular weight excluding hydrogens is 393 g/mol. The summed E-state index contributed by atoms with van der Waals surface area (Å²) in [4.78, 5) is 12.5. The van der Waals surface area contributed by atoms with Crippen LogP contribution in [0.25, 0.3) is 0 Å². The predicted molar refractivity (Wildman–Crippen MR) is 96.1 cm³/mol. The fraction of sp³-hybridized carbons (Fsp3) is 0.278. The van der Waals surface area contributed by atoms with Crippen LogP contribution in [-0.4, -0.2) is 27.2 Å². The number of amides is 1. The molecule has 0 aromatic heterocycles. The van der Waals surface area contributed by atoms with Crippen molar-refractivity contribution in [2.45, 2.75) is 13.0 Å². The Labute approximate surface area is 154 Å². The first-order valence-corrected chi connectivity index (χ1v) is 8.26. The van der Waals surface area contributed by atoms with Gasteiger partial charge in [-0.05, 0) is 52.7 Å². The molecule has 7 heteroatoms. The molecule has 2 rings (SSSR count). The van der Waals surface area contributed by atoms with Crippen molar-refractivity contribution in [3.8, 4) is 17.2 Å². The summed E-state index contributed by atoms with van der Waals surface area (Å²) in [5.74, 6) is 0.311. The van der Waals surface area contributed by atoms with Crippen LogP contribution in [0.2, 0.25) is 0 Å². The van der Waals surface area contributed by atoms with Crippen molar-refractivity contribution in [3.63, 3.8) is 0 Å². The van der Waals surface area contributed by atoms with Gasteiger partial charge in [-0.3, -0.25) is 4.79 Å². The summed E-state index contributed by atoms with van der Waals surface area (Å²) in [7, 11) is 4.41. The van der Waals surface area contributed by atoms with Crippen LogP contribution in [0, 0.1) is 5.82 Å². The molecule has 1 N–H and O–H groups in total. The third-order valence-electron chi connectivity index (χ3n) is 3.73. The van der Waals surface area contributed by atoms with E-state index in [1.165, 1.54) is 33.5 Å². The molecule has 0 aliphatic carbocycles. The largest absolute Gasteiger partial charge is 0.495 e. The smallest absolute Gasteiger partial charge is 0.252 e. The van der Waals surface area contributed by atoms with Gasteiger partial charge in [0.2, 0.25) is 0 Å². The van der Waals surface area contributed by atoms with Gasteiger partial charge in [-0.1, -0.05) is 6.07 Å². The van der Waals surface area contributed by atoms with E-state index in [1.807, 2.05) is 0 Å². The maximum atomic E-state index is 13.8. The van der Waals surface area contributed by atoms with Gasteiger partial charge in [0.05, 0.1) is 27.4 Å². The van der Waals surface area contributed by atoms with Crippen molar-refractivity contribution < 1.29 is 23.4 Å². The van der Waals surface area contributed by atoms with E-state index in [2.05, 4.69) is 21.2 Å². The molecule has 0 heterocycles. The molecule has 0 bridgehead atoms. The van der Waals surface area contributed by atoms with E-state index >= 15 is 0 Å². The minimum absolute atomic E-state index is 0.157. The molecular formula is C18H19BrFNO4. The number of rotatable bonds is 6. The summed E-state index contributed by atoms with van der Waals surface area (Å²) < 4.78 is 29.8. The van der Waals surface area contributed by atoms with E-state index in [0.29, 0.717) is 27.1 Å². The minimum atomic E-state index is -0.479. The molecule has 0 aliphatic heterocycles. The summed E-state index contributed by atoms with van der Waals surface area (Å²) in [5.41, 5.74) is 1.00. The quantitative estimate of drug-likeness (QED) is 0.776. The summed E-state index contributed by atoms with van der Waals surface area (Å²) >= 11 is 3.36. The zero-order valence-electron chi connectivity index (χ0n) is 14.4. The van der Waals surface area contributed by atoms with E-state index in [4.69, 9.17) is 14.2 Å². The minimum Gasteiger partial charge on any atom is -0.495 e. The Bertz CT molecular complexity index is 757. The molecule has 0 fully saturated rings. The lowest BCUT2D eigenvalue weighted by Crippen LogP contribution is -2.26. The summed E-state index contributed by atoms with van der Waals surface area (Å²) in [5, 5.41) is 2.83. The fourth-order valence-corrected chi connectivity index (χ4v) is 2.87. The molecule has 5 nitrogen and oxygen atoms in total. The van der Waals surface area contributed by atoms with Gasteiger partial charge in [0.15, 0.2) is 11.6 Å². The highest BCUT2D eigenvalue weighted by Gasteiger charge is 2.17. The molecule has 2 aromatic carbocycles. The zero-order chi connectivity index (χ0) is 18.6. The third kappa shape index (κ3) is 4.22. The van der Waals surface area contributed by atoms with Gasteiger partial charge in [-0.25, -0.2) is 4.39 Å². The molecule has 1 amide bonds. The average Bonchev–Trinajstić information content (AvgIpc) is 2.61. The van der Waals surface area contributed by atoms with E-state index in [9.17, 15) is 9.18 Å². The van der Waals surface area contributed by atoms with Crippen LogP contribution < -0.4 is 19.5 Å². The first kappa shape index (κ1) is 19.1. The molecule has 25 heavy (non-hydrogen) atoms. The first-order chi connectivity index (χ1) is 11.9. The number of halogens is 2. The highest BCUT2D eigenvalue weighted by Crippen LogP contribution is 2.35. The Balaban J connectivity index is 2.23. The lowest BCUT2D eigenvalue weighted by atomic mass is 10.1. The monoisotopic (exact) mass is 411 g/mol. The van der Waals surface area contributed by atoms with Crippen LogP contribution in [0.15, 0.2) is 34.8 Å². The third-order valence-corrected chi connectivity index (χ3v) is 4.51. The van der Waals surface area contributed by atoms with Gasteiger partial charge in [0.1, 0.15) is 16.0 Å². The molecule has 0 unspecified atom stereocenters. The molecule has 0 radical (unpaired) electrons. The second kappa shape index (κ2) is 8.20. The molecule has 0 spiro atoms. The number of methoxy groups -OCH3 is 3. The topological polar surface area (TPSA) is 56.8 Å². The fourth-order valence-electron chi connectivity index (χ4n) is 2.32. The van der Waals surface area contributed by atoms with E-state index in [0.717, 1.165) is 0 Å². The Kier molecular flexibility index (Phi) is 6.25. The van der Waals surface area contributed by atoms with Crippen molar-refractivity contribution in [2.24, 2.45) is 0 Å². The standard InChI is InChI=1S/C18H19BrFNO4/c1-10(11-5-6-14(23-2)13(20)7-11)21-18(22)12-8-15(24-3)17(19)16(9-12)25-4/h5-10H,1-4H3,(H,21,22)/t10-/m1/s1. The van der Waals surface area contributed by atoms with Crippen LogP contribution >= 0.6 is 15.9 Å². The Morgan fingerprint density at radius 1 is 1.04 bits per heavy atom. The Morgan fingerprint density at radius 2 is 1.60 bits per heavy atom. The SMILES string of the molecule is COc1ccc([C@@H](C)NC(=O)c2cc(OC)c(Br)c(OC)c2)cc1F. The lowest BCUT2D eigenvalue weighted by molar-refractivity contribution is 0.0939. The highest BCUT2D eigenvalue weighted by atomic mass is 79.9. The maximum Gasteiger partial charge on any atom is 0.252 e. The van der Waals surface area contributed by atoms with Crippen molar-refractivity contribution in [2.75, 3.05) is 21.3 Å². The van der Waals surface area contributed by atoms with E-state index < -0.39 is 11.9 Å². The number of nitrogens with one attached hydrogen (secondary N) is 1. The normalized spacial score (nSPS) is 11.6. The van der Waals surface area contributed by atoms with Gasteiger partial charge in [0.25, 0.3) is 5.91 Å². The van der Waals surface area contributed by atoms with Gasteiger partial charge < -0.3 is 19.5 Å². The second-order valence-electron chi connectivity index (χ2n) is 5.28. The molecule has 0 saturated carbocycles. The summed E-state index contributed by atoms with van der Waals surface area (Å²) in [6.45, 7) is 1.77. The molecule has 0 saturated heterocycles. The van der Waals surface area contributed by atoms with E-state index in [-0.39, 0.29) is 11.7 Å². The number of hydrogen-bond acceptors (Lipinski definition) is 4. The first-order valence-electron chi connectivity index (χ1n) is 7.47. The maximum absolute atomic E-state index is 13.8. The Hall–Kier alpha value is -2.28. The highest BCUT2D eigenvalue weighted by molar-refractivity contribution is 9.10. The van der Waals surface area contributed by atoms with Crippen molar-refractivity contribution >= 4 is 21.8 Å². The number of carbonyl (C=O) groups excluding carboxylic acids is 1.